The highest BCUT2D eigenvalue weighted by atomic mass is 28.3. The number of ether oxygens (including phenoxy) is 1. The first-order valence-electron chi connectivity index (χ1n) is 7.29. The molecule has 0 bridgehead atoms. The molecule has 0 radical (unpaired) electrons. The summed E-state index contributed by atoms with van der Waals surface area (Å²) in [7, 11) is -0.167. The molecule has 2 nitrogen and oxygen atoms in total. The number of esters is 1. The predicted molar refractivity (Wildman–Crippen MR) is 88.2 cm³/mol. The minimum atomic E-state index is -1.64. The number of carbonyl (C=O) groups is 1. The van der Waals surface area contributed by atoms with Crippen molar-refractivity contribution < 1.29 is 9.53 Å². The average molecular weight is 290 g/mol. The van der Waals surface area contributed by atoms with Gasteiger partial charge in [0.1, 0.15) is 0 Å². The third-order valence-corrected chi connectivity index (χ3v) is 5.42. The molecule has 0 aliphatic heterocycles. The number of hydrogen-bond donors (Lipinski definition) is 0. The Labute approximate surface area is 123 Å². The molecule has 0 aliphatic rings. The lowest BCUT2D eigenvalue weighted by molar-refractivity contribution is -0.136. The Hall–Kier alpha value is -1.35. The smallest absolute Gasteiger partial charge is 0.333 e. The topological polar surface area (TPSA) is 26.3 Å². The van der Waals surface area contributed by atoms with E-state index in [0.717, 1.165) is 24.8 Å². The van der Waals surface area contributed by atoms with Gasteiger partial charge in [-0.3, -0.25) is 0 Å². The molecule has 1 aromatic carbocycles. The van der Waals surface area contributed by atoms with Crippen LogP contribution in [-0.4, -0.2) is 21.2 Å². The first kappa shape index (κ1) is 16.7. The molecule has 0 heterocycles. The van der Waals surface area contributed by atoms with Crippen LogP contribution >= 0.6 is 0 Å². The molecular weight excluding hydrogens is 264 g/mol. The molecule has 3 heteroatoms. The van der Waals surface area contributed by atoms with Crippen molar-refractivity contribution >= 4 is 19.2 Å². The highest BCUT2D eigenvalue weighted by molar-refractivity contribution is 6.94. The molecule has 0 atom stereocenters. The predicted octanol–water partition coefficient (Wildman–Crippen LogP) is 4.68. The van der Waals surface area contributed by atoms with Gasteiger partial charge in [0.15, 0.2) is 0 Å². The molecule has 0 amide bonds. The number of benzene rings is 1. The van der Waals surface area contributed by atoms with E-state index in [1.165, 1.54) is 17.9 Å². The maximum absolute atomic E-state index is 12.2. The van der Waals surface area contributed by atoms with Crippen molar-refractivity contribution in [3.8, 4) is 0 Å². The Bertz CT molecular complexity index is 470. The number of unbranched alkanes of at least 4 members (excludes halogenated alkanes) is 1. The fourth-order valence-electron chi connectivity index (χ4n) is 2.47. The van der Waals surface area contributed by atoms with E-state index < -0.39 is 8.07 Å². The Morgan fingerprint density at radius 3 is 2.20 bits per heavy atom. The molecular formula is C17H26O2Si. The lowest BCUT2D eigenvalue weighted by atomic mass is 10.0. The van der Waals surface area contributed by atoms with Gasteiger partial charge >= 0.3 is 5.97 Å². The second-order valence-corrected chi connectivity index (χ2v) is 11.1. The highest BCUT2D eigenvalue weighted by Crippen LogP contribution is 2.32. The van der Waals surface area contributed by atoms with Crippen LogP contribution in [0.15, 0.2) is 35.9 Å². The summed E-state index contributed by atoms with van der Waals surface area (Å²) in [5.74, 6) is -0.167. The van der Waals surface area contributed by atoms with Gasteiger partial charge in [0.2, 0.25) is 0 Å². The van der Waals surface area contributed by atoms with Crippen molar-refractivity contribution in [3.05, 3.63) is 41.5 Å². The SMILES string of the molecule is CCCC/C(C(=O)OC)=C(\c1ccccc1)[Si](C)(C)C. The van der Waals surface area contributed by atoms with Crippen molar-refractivity contribution in [1.29, 1.82) is 0 Å². The van der Waals surface area contributed by atoms with E-state index in [1.54, 1.807) is 0 Å². The van der Waals surface area contributed by atoms with Crippen molar-refractivity contribution in [3.63, 3.8) is 0 Å². The van der Waals surface area contributed by atoms with Crippen molar-refractivity contribution in [2.45, 2.75) is 45.8 Å². The van der Waals surface area contributed by atoms with Gasteiger partial charge in [-0.15, -0.1) is 0 Å². The molecule has 0 saturated carbocycles. The van der Waals surface area contributed by atoms with Gasteiger partial charge in [0, 0.05) is 5.57 Å². The normalized spacial score (nSPS) is 12.8. The zero-order chi connectivity index (χ0) is 15.2. The summed E-state index contributed by atoms with van der Waals surface area (Å²) in [4.78, 5) is 12.2. The minimum absolute atomic E-state index is 0.167. The fourth-order valence-corrected chi connectivity index (χ4v) is 4.64. The van der Waals surface area contributed by atoms with E-state index in [-0.39, 0.29) is 5.97 Å². The standard InChI is InChI=1S/C17H26O2Si/c1-6-7-13-15(17(18)19-2)16(20(3,4)5)14-11-9-8-10-12-14/h8-12H,6-7,13H2,1-5H3/b16-15-. The number of rotatable bonds is 6. The molecule has 110 valence electrons. The van der Waals surface area contributed by atoms with Crippen LogP contribution in [0, 0.1) is 0 Å². The Kier molecular flexibility index (Phi) is 6.21. The molecule has 0 spiro atoms. The molecule has 0 unspecified atom stereocenters. The van der Waals surface area contributed by atoms with Gasteiger partial charge in [0.05, 0.1) is 15.2 Å². The molecule has 20 heavy (non-hydrogen) atoms. The van der Waals surface area contributed by atoms with Crippen LogP contribution in [0.25, 0.3) is 5.20 Å². The molecule has 0 N–H and O–H groups in total. The second-order valence-electron chi connectivity index (χ2n) is 6.06. The first-order chi connectivity index (χ1) is 9.41. The summed E-state index contributed by atoms with van der Waals surface area (Å²) < 4.78 is 5.03. The number of methoxy groups -OCH3 is 1. The number of hydrogen-bond acceptors (Lipinski definition) is 2. The van der Waals surface area contributed by atoms with Gasteiger partial charge < -0.3 is 4.74 Å². The van der Waals surface area contributed by atoms with Crippen LogP contribution in [0.5, 0.6) is 0 Å². The van der Waals surface area contributed by atoms with E-state index in [9.17, 15) is 4.79 Å². The zero-order valence-electron chi connectivity index (χ0n) is 13.3. The van der Waals surface area contributed by atoms with Crippen LogP contribution in [0.4, 0.5) is 0 Å². The van der Waals surface area contributed by atoms with E-state index >= 15 is 0 Å². The summed E-state index contributed by atoms with van der Waals surface area (Å²) in [6, 6.07) is 10.3. The molecule has 1 aromatic rings. The van der Waals surface area contributed by atoms with Crippen molar-refractivity contribution in [2.75, 3.05) is 7.11 Å². The second kappa shape index (κ2) is 7.43. The minimum Gasteiger partial charge on any atom is -0.466 e. The maximum Gasteiger partial charge on any atom is 0.333 e. The van der Waals surface area contributed by atoms with Crippen LogP contribution in [0.1, 0.15) is 31.7 Å². The van der Waals surface area contributed by atoms with E-state index in [0.29, 0.717) is 0 Å². The largest absolute Gasteiger partial charge is 0.466 e. The van der Waals surface area contributed by atoms with Gasteiger partial charge in [-0.1, -0.05) is 63.3 Å². The number of carbonyl (C=O) groups excluding carboxylic acids is 1. The van der Waals surface area contributed by atoms with E-state index in [1.807, 2.05) is 18.2 Å². The summed E-state index contributed by atoms with van der Waals surface area (Å²) in [5.41, 5.74) is 2.04. The van der Waals surface area contributed by atoms with Crippen LogP contribution in [0.3, 0.4) is 0 Å². The zero-order valence-corrected chi connectivity index (χ0v) is 14.3. The molecule has 0 aliphatic carbocycles. The van der Waals surface area contributed by atoms with Crippen molar-refractivity contribution in [1.82, 2.24) is 0 Å². The summed E-state index contributed by atoms with van der Waals surface area (Å²) >= 11 is 0. The molecule has 0 aromatic heterocycles. The van der Waals surface area contributed by atoms with Gasteiger partial charge in [0.25, 0.3) is 0 Å². The summed E-state index contributed by atoms with van der Waals surface area (Å²) in [6.45, 7) is 8.99. The van der Waals surface area contributed by atoms with Gasteiger partial charge in [-0.05, 0) is 23.6 Å². The average Bonchev–Trinajstić information content (AvgIpc) is 2.42. The Morgan fingerprint density at radius 2 is 1.75 bits per heavy atom. The third-order valence-electron chi connectivity index (χ3n) is 3.33. The van der Waals surface area contributed by atoms with Gasteiger partial charge in [-0.25, -0.2) is 4.79 Å². The Balaban J connectivity index is 3.42. The molecule has 0 fully saturated rings. The van der Waals surface area contributed by atoms with Crippen molar-refractivity contribution in [2.24, 2.45) is 0 Å². The Morgan fingerprint density at radius 1 is 1.15 bits per heavy atom. The van der Waals surface area contributed by atoms with Crippen LogP contribution in [-0.2, 0) is 9.53 Å². The monoisotopic (exact) mass is 290 g/mol. The van der Waals surface area contributed by atoms with E-state index in [2.05, 4.69) is 38.7 Å². The van der Waals surface area contributed by atoms with Crippen LogP contribution < -0.4 is 0 Å². The quantitative estimate of drug-likeness (QED) is 0.432. The van der Waals surface area contributed by atoms with Gasteiger partial charge in [-0.2, -0.15) is 0 Å². The maximum atomic E-state index is 12.2. The summed E-state index contributed by atoms with van der Waals surface area (Å²) in [6.07, 6.45) is 2.90. The highest BCUT2D eigenvalue weighted by Gasteiger charge is 2.27. The third kappa shape index (κ3) is 4.34. The van der Waals surface area contributed by atoms with E-state index in [4.69, 9.17) is 4.74 Å². The summed E-state index contributed by atoms with van der Waals surface area (Å²) in [5, 5.41) is 1.23. The molecule has 1 rings (SSSR count). The first-order valence-corrected chi connectivity index (χ1v) is 10.8. The lowest BCUT2D eigenvalue weighted by Crippen LogP contribution is -2.26. The lowest BCUT2D eigenvalue weighted by Gasteiger charge is -2.25. The molecule has 0 saturated heterocycles. The fraction of sp³-hybridized carbons (Fsp3) is 0.471. The van der Waals surface area contributed by atoms with Crippen LogP contribution in [0.2, 0.25) is 19.6 Å².